The van der Waals surface area contributed by atoms with Crippen molar-refractivity contribution in [3.8, 4) is 0 Å². The van der Waals surface area contributed by atoms with Gasteiger partial charge in [-0.1, -0.05) is 51.5 Å². The zero-order valence-electron chi connectivity index (χ0n) is 11.9. The average molecular weight is 231 g/mol. The van der Waals surface area contributed by atoms with E-state index in [-0.39, 0.29) is 0 Å². The molecule has 0 spiro atoms. The summed E-state index contributed by atoms with van der Waals surface area (Å²) in [5, 5.41) is 0. The largest absolute Gasteiger partial charge is 0.372 e. The third kappa shape index (κ3) is 4.45. The molecule has 1 nitrogen and oxygen atoms in total. The lowest BCUT2D eigenvalue weighted by Gasteiger charge is -2.24. The van der Waals surface area contributed by atoms with Crippen molar-refractivity contribution in [3.05, 3.63) is 24.3 Å². The second-order valence-electron chi connectivity index (χ2n) is 5.09. The topological polar surface area (TPSA) is 3.24 Å². The molecule has 0 radical (unpaired) electrons. The van der Waals surface area contributed by atoms with Crippen molar-refractivity contribution in [2.24, 2.45) is 0 Å². The van der Waals surface area contributed by atoms with Crippen molar-refractivity contribution in [3.63, 3.8) is 0 Å². The first-order valence-corrected chi connectivity index (χ1v) is 7.04. The van der Waals surface area contributed by atoms with Crippen LogP contribution >= 0.6 is 0 Å². The van der Waals surface area contributed by atoms with Crippen LogP contribution in [0.4, 0.5) is 5.69 Å². The summed E-state index contributed by atoms with van der Waals surface area (Å²) in [4.78, 5) is 2.51. The fraction of sp³-hybridized carbons (Fsp3) is 0.600. The Morgan fingerprint density at radius 2 is 1.59 bits per heavy atom. The van der Waals surface area contributed by atoms with Crippen LogP contribution in [0.1, 0.15) is 33.1 Å². The summed E-state index contributed by atoms with van der Waals surface area (Å²) in [5.74, 6) is 0. The molecule has 0 aliphatic rings. The van der Waals surface area contributed by atoms with Crippen LogP contribution in [0.15, 0.2) is 24.3 Å². The fourth-order valence-electron chi connectivity index (χ4n) is 2.06. The fourth-order valence-corrected chi connectivity index (χ4v) is 2.06. The minimum Gasteiger partial charge on any atom is -0.372 e. The number of unbranched alkanes of at least 4 members (excludes halogenated alkanes) is 1. The van der Waals surface area contributed by atoms with Crippen LogP contribution in [0, 0.1) is 0 Å². The second-order valence-corrected chi connectivity index (χ2v) is 5.09. The van der Waals surface area contributed by atoms with Gasteiger partial charge in [0.05, 0.1) is 0 Å². The Hall–Kier alpha value is -0.915. The van der Waals surface area contributed by atoms with E-state index >= 15 is 0 Å². The molecule has 1 aromatic carbocycles. The number of hydrogen-bond acceptors (Lipinski definition) is 1. The molecule has 1 aromatic rings. The third-order valence-corrected chi connectivity index (χ3v) is 3.20. The molecule has 0 unspecified atom stereocenters. The molecule has 0 N–H and O–H groups in total. The maximum absolute atomic E-state index is 2.51. The van der Waals surface area contributed by atoms with E-state index in [2.05, 4.69) is 56.7 Å². The molecule has 0 saturated heterocycles. The van der Waals surface area contributed by atoms with E-state index in [9.17, 15) is 0 Å². The molecule has 0 aromatic heterocycles. The minimum atomic E-state index is 0.624. The molecule has 94 valence electrons. The zero-order valence-corrected chi connectivity index (χ0v) is 11.9. The quantitative estimate of drug-likeness (QED) is 0.647. The van der Waals surface area contributed by atoms with Gasteiger partial charge in [-0.05, 0) is 25.0 Å². The molecule has 1 rings (SSSR count). The van der Waals surface area contributed by atoms with Gasteiger partial charge in [0.2, 0.25) is 0 Å². The Bertz CT molecular complexity index is 305. The minimum absolute atomic E-state index is 0.624. The van der Waals surface area contributed by atoms with Crippen molar-refractivity contribution in [2.75, 3.05) is 18.0 Å². The monoisotopic (exact) mass is 231 g/mol. The van der Waals surface area contributed by atoms with Crippen molar-refractivity contribution < 1.29 is 0 Å². The lowest BCUT2D eigenvalue weighted by atomic mass is 9.49. The predicted molar refractivity (Wildman–Crippen MR) is 81.0 cm³/mol. The predicted octanol–water partition coefficient (Wildman–Crippen LogP) is 3.66. The maximum Gasteiger partial charge on any atom is 0.169 e. The number of anilines is 1. The van der Waals surface area contributed by atoms with Crippen LogP contribution in [0.5, 0.6) is 0 Å². The lowest BCUT2D eigenvalue weighted by molar-refractivity contribution is 0.704. The first kappa shape index (κ1) is 14.1. The van der Waals surface area contributed by atoms with Crippen LogP contribution in [0.2, 0.25) is 13.6 Å². The third-order valence-electron chi connectivity index (χ3n) is 3.20. The molecule has 0 aliphatic heterocycles. The van der Waals surface area contributed by atoms with E-state index in [4.69, 9.17) is 0 Å². The van der Waals surface area contributed by atoms with Crippen molar-refractivity contribution in [1.82, 2.24) is 0 Å². The summed E-state index contributed by atoms with van der Waals surface area (Å²) >= 11 is 0. The highest BCUT2D eigenvalue weighted by molar-refractivity contribution is 6.70. The molecule has 0 fully saturated rings. The van der Waals surface area contributed by atoms with E-state index in [1.807, 2.05) is 0 Å². The van der Waals surface area contributed by atoms with Crippen LogP contribution in [0.25, 0.3) is 0 Å². The van der Waals surface area contributed by atoms with Gasteiger partial charge in [-0.25, -0.2) is 0 Å². The van der Waals surface area contributed by atoms with Gasteiger partial charge in [0.25, 0.3) is 0 Å². The molecular formula is C15H26BN. The molecule has 17 heavy (non-hydrogen) atoms. The first-order chi connectivity index (χ1) is 8.19. The number of hydrogen-bond donors (Lipinski definition) is 0. The molecule has 0 saturated carbocycles. The summed E-state index contributed by atoms with van der Waals surface area (Å²) in [5.41, 5.74) is 2.81. The molecule has 0 heterocycles. The molecule has 0 bridgehead atoms. The van der Waals surface area contributed by atoms with Gasteiger partial charge in [0.15, 0.2) is 6.71 Å². The molecule has 2 heteroatoms. The highest BCUT2D eigenvalue weighted by Gasteiger charge is 2.06. The zero-order chi connectivity index (χ0) is 12.7. The van der Waals surface area contributed by atoms with Gasteiger partial charge in [-0.15, -0.1) is 0 Å². The van der Waals surface area contributed by atoms with Crippen molar-refractivity contribution in [1.29, 1.82) is 0 Å². The van der Waals surface area contributed by atoms with Gasteiger partial charge in [-0.3, -0.25) is 0 Å². The first-order valence-electron chi connectivity index (χ1n) is 7.04. The molecular weight excluding hydrogens is 205 g/mol. The molecule has 0 atom stereocenters. The van der Waals surface area contributed by atoms with E-state index in [1.54, 1.807) is 0 Å². The second kappa shape index (κ2) is 7.42. The van der Waals surface area contributed by atoms with E-state index in [1.165, 1.54) is 43.5 Å². The summed E-state index contributed by atoms with van der Waals surface area (Å²) in [6.07, 6.45) is 3.77. The highest BCUT2D eigenvalue weighted by Crippen LogP contribution is 2.14. The van der Waals surface area contributed by atoms with Crippen molar-refractivity contribution in [2.45, 2.75) is 46.8 Å². The highest BCUT2D eigenvalue weighted by atomic mass is 15.1. The van der Waals surface area contributed by atoms with Gasteiger partial charge >= 0.3 is 0 Å². The van der Waals surface area contributed by atoms with Crippen LogP contribution in [0.3, 0.4) is 0 Å². The Kier molecular flexibility index (Phi) is 6.17. The van der Waals surface area contributed by atoms with Crippen molar-refractivity contribution >= 4 is 17.9 Å². The summed E-state index contributed by atoms with van der Waals surface area (Å²) in [7, 11) is 0. The van der Waals surface area contributed by atoms with E-state index < -0.39 is 0 Å². The van der Waals surface area contributed by atoms with Gasteiger partial charge < -0.3 is 4.90 Å². The average Bonchev–Trinajstić information content (AvgIpc) is 2.34. The summed E-state index contributed by atoms with van der Waals surface area (Å²) < 4.78 is 0. The normalized spacial score (nSPS) is 10.4. The summed E-state index contributed by atoms with van der Waals surface area (Å²) in [6.45, 7) is 12.0. The standard InChI is InChI=1S/C15H26BN/c1-5-7-13-17(12-6-2)15-10-8-14(9-11-15)16(3)4/h8-11H,5-7,12-13H2,1-4H3. The Balaban J connectivity index is 2.72. The number of nitrogens with zero attached hydrogens (tertiary/aromatic N) is 1. The molecule has 0 aliphatic carbocycles. The SMILES string of the molecule is CCCCN(CCC)c1ccc(B(C)C)cc1. The Morgan fingerprint density at radius 1 is 0.941 bits per heavy atom. The van der Waals surface area contributed by atoms with E-state index in [0.29, 0.717) is 6.71 Å². The smallest absolute Gasteiger partial charge is 0.169 e. The Labute approximate surface area is 107 Å². The van der Waals surface area contributed by atoms with E-state index in [0.717, 1.165) is 0 Å². The number of rotatable bonds is 7. The summed E-state index contributed by atoms with van der Waals surface area (Å²) in [6, 6.07) is 9.10. The Morgan fingerprint density at radius 3 is 2.06 bits per heavy atom. The van der Waals surface area contributed by atoms with Crippen LogP contribution < -0.4 is 10.4 Å². The van der Waals surface area contributed by atoms with Crippen LogP contribution in [-0.4, -0.2) is 19.8 Å². The van der Waals surface area contributed by atoms with Crippen LogP contribution in [-0.2, 0) is 0 Å². The maximum atomic E-state index is 2.51. The lowest BCUT2D eigenvalue weighted by Crippen LogP contribution is -2.27. The number of benzene rings is 1. The van der Waals surface area contributed by atoms with Gasteiger partial charge in [0, 0.05) is 18.8 Å². The van der Waals surface area contributed by atoms with Gasteiger partial charge in [-0.2, -0.15) is 0 Å². The molecule has 0 amide bonds. The van der Waals surface area contributed by atoms with Gasteiger partial charge in [0.1, 0.15) is 0 Å².